The number of carbonyl (C=O) groups excluding carboxylic acids is 2. The normalized spacial score (nSPS) is 9.94. The third-order valence-corrected chi connectivity index (χ3v) is 1.91. The Morgan fingerprint density at radius 3 is 2.12 bits per heavy atom. The van der Waals surface area contributed by atoms with Crippen molar-refractivity contribution in [3.8, 4) is 5.75 Å². The van der Waals surface area contributed by atoms with E-state index >= 15 is 0 Å². The molecule has 0 aliphatic rings. The van der Waals surface area contributed by atoms with Crippen LogP contribution in [0.15, 0.2) is 12.1 Å². The summed E-state index contributed by atoms with van der Waals surface area (Å²) in [6.45, 7) is 3.48. The number of hydrogen-bond donors (Lipinski definition) is 1. The van der Waals surface area contributed by atoms with Crippen molar-refractivity contribution in [2.75, 3.05) is 13.2 Å². The van der Waals surface area contributed by atoms with Crippen molar-refractivity contribution in [3.05, 3.63) is 23.5 Å². The molecule has 1 heterocycles. The molecular weight excluding hydrogens is 208 g/mol. The number of nitrogens with two attached hydrogens (primary N) is 1. The van der Waals surface area contributed by atoms with E-state index in [0.717, 1.165) is 0 Å². The Balaban J connectivity index is 3.08. The number of ketones is 2. The highest BCUT2D eigenvalue weighted by Crippen LogP contribution is 2.15. The summed E-state index contributed by atoms with van der Waals surface area (Å²) in [6.07, 6.45) is 0. The highest BCUT2D eigenvalue weighted by molar-refractivity contribution is 5.96. The summed E-state index contributed by atoms with van der Waals surface area (Å²) in [4.78, 5) is 26.3. The van der Waals surface area contributed by atoms with Gasteiger partial charge in [0.1, 0.15) is 23.7 Å². The zero-order chi connectivity index (χ0) is 12.1. The topological polar surface area (TPSA) is 82.3 Å². The zero-order valence-corrected chi connectivity index (χ0v) is 9.32. The van der Waals surface area contributed by atoms with Gasteiger partial charge in [-0.05, 0) is 0 Å². The second kappa shape index (κ2) is 5.37. The standard InChI is InChI=1S/C11H14N2O3/c1-7(14)10-5-9(16-4-3-12)6-11(13-10)8(2)15/h5-6H,3-4,12H2,1-2H3. The lowest BCUT2D eigenvalue weighted by Crippen LogP contribution is -2.12. The molecule has 1 aromatic heterocycles. The molecule has 2 N–H and O–H groups in total. The van der Waals surface area contributed by atoms with Gasteiger partial charge in [0.2, 0.25) is 0 Å². The van der Waals surface area contributed by atoms with Crippen molar-refractivity contribution < 1.29 is 14.3 Å². The molecule has 0 saturated heterocycles. The van der Waals surface area contributed by atoms with Gasteiger partial charge >= 0.3 is 0 Å². The van der Waals surface area contributed by atoms with Gasteiger partial charge in [-0.3, -0.25) is 9.59 Å². The smallest absolute Gasteiger partial charge is 0.178 e. The number of ether oxygens (including phenoxy) is 1. The Morgan fingerprint density at radius 1 is 1.25 bits per heavy atom. The lowest BCUT2D eigenvalue weighted by atomic mass is 10.2. The maximum absolute atomic E-state index is 11.2. The van der Waals surface area contributed by atoms with E-state index in [1.165, 1.54) is 26.0 Å². The predicted octanol–water partition coefficient (Wildman–Crippen LogP) is 0.824. The van der Waals surface area contributed by atoms with Crippen LogP contribution in [0.1, 0.15) is 34.8 Å². The van der Waals surface area contributed by atoms with Crippen LogP contribution in [0.2, 0.25) is 0 Å². The molecule has 0 spiro atoms. The van der Waals surface area contributed by atoms with Crippen LogP contribution >= 0.6 is 0 Å². The lowest BCUT2D eigenvalue weighted by molar-refractivity contribution is 0.100. The molecule has 16 heavy (non-hydrogen) atoms. The van der Waals surface area contributed by atoms with Crippen molar-refractivity contribution in [2.45, 2.75) is 13.8 Å². The van der Waals surface area contributed by atoms with Gasteiger partial charge in [0.05, 0.1) is 0 Å². The number of Topliss-reactive ketones (excluding diaryl/α,β-unsaturated/α-hetero) is 2. The Labute approximate surface area is 93.6 Å². The summed E-state index contributed by atoms with van der Waals surface area (Å²) in [5.74, 6) is 0.0252. The van der Waals surface area contributed by atoms with Gasteiger partial charge in [-0.2, -0.15) is 0 Å². The largest absolute Gasteiger partial charge is 0.492 e. The number of aromatic nitrogens is 1. The molecule has 1 aromatic rings. The van der Waals surface area contributed by atoms with Crippen LogP contribution in [0.4, 0.5) is 0 Å². The first-order chi connectivity index (χ1) is 7.54. The monoisotopic (exact) mass is 222 g/mol. The van der Waals surface area contributed by atoms with Crippen molar-refractivity contribution >= 4 is 11.6 Å². The highest BCUT2D eigenvalue weighted by atomic mass is 16.5. The third-order valence-electron chi connectivity index (χ3n) is 1.91. The molecule has 5 nitrogen and oxygen atoms in total. The van der Waals surface area contributed by atoms with Crippen LogP contribution < -0.4 is 10.5 Å². The Bertz CT molecular complexity index is 383. The summed E-state index contributed by atoms with van der Waals surface area (Å²) < 4.78 is 5.27. The molecule has 0 aliphatic carbocycles. The van der Waals surface area contributed by atoms with Crippen molar-refractivity contribution in [2.24, 2.45) is 5.73 Å². The molecular formula is C11H14N2O3. The van der Waals surface area contributed by atoms with Crippen LogP contribution in [0.5, 0.6) is 5.75 Å². The first-order valence-corrected chi connectivity index (χ1v) is 4.91. The molecule has 0 unspecified atom stereocenters. The third kappa shape index (κ3) is 3.13. The Kier molecular flexibility index (Phi) is 4.13. The number of rotatable bonds is 5. The molecule has 0 fully saturated rings. The lowest BCUT2D eigenvalue weighted by Gasteiger charge is -2.07. The van der Waals surface area contributed by atoms with Crippen LogP contribution in [-0.4, -0.2) is 29.7 Å². The quantitative estimate of drug-likeness (QED) is 0.746. The van der Waals surface area contributed by atoms with Crippen LogP contribution in [0, 0.1) is 0 Å². The molecule has 0 radical (unpaired) electrons. The Hall–Kier alpha value is -1.75. The van der Waals surface area contributed by atoms with E-state index in [2.05, 4.69) is 4.98 Å². The van der Waals surface area contributed by atoms with E-state index in [1.54, 1.807) is 0 Å². The fourth-order valence-electron chi connectivity index (χ4n) is 1.13. The number of carbonyl (C=O) groups is 2. The summed E-state index contributed by atoms with van der Waals surface area (Å²) in [5, 5.41) is 0. The summed E-state index contributed by atoms with van der Waals surface area (Å²) >= 11 is 0. The van der Waals surface area contributed by atoms with Gasteiger partial charge in [0.15, 0.2) is 11.6 Å². The Morgan fingerprint density at radius 2 is 1.75 bits per heavy atom. The maximum atomic E-state index is 11.2. The van der Waals surface area contributed by atoms with Gasteiger partial charge in [-0.15, -0.1) is 0 Å². The number of hydrogen-bond acceptors (Lipinski definition) is 5. The predicted molar refractivity (Wildman–Crippen MR) is 58.8 cm³/mol. The van der Waals surface area contributed by atoms with E-state index in [9.17, 15) is 9.59 Å². The highest BCUT2D eigenvalue weighted by Gasteiger charge is 2.10. The molecule has 5 heteroatoms. The minimum Gasteiger partial charge on any atom is -0.492 e. The summed E-state index contributed by atoms with van der Waals surface area (Å²) in [5.41, 5.74) is 5.74. The number of pyridine rings is 1. The second-order valence-electron chi connectivity index (χ2n) is 3.32. The first kappa shape index (κ1) is 12.3. The van der Waals surface area contributed by atoms with Crippen LogP contribution in [-0.2, 0) is 0 Å². The van der Waals surface area contributed by atoms with E-state index in [1.807, 2.05) is 0 Å². The average Bonchev–Trinajstić information content (AvgIpc) is 2.25. The van der Waals surface area contributed by atoms with Gasteiger partial charge in [0.25, 0.3) is 0 Å². The van der Waals surface area contributed by atoms with E-state index in [0.29, 0.717) is 18.9 Å². The molecule has 86 valence electrons. The van der Waals surface area contributed by atoms with Crippen molar-refractivity contribution in [3.63, 3.8) is 0 Å². The van der Waals surface area contributed by atoms with Crippen LogP contribution in [0.3, 0.4) is 0 Å². The molecule has 0 aliphatic heterocycles. The molecule has 1 rings (SSSR count). The minimum absolute atomic E-state index is 0.208. The van der Waals surface area contributed by atoms with Gasteiger partial charge in [0, 0.05) is 32.5 Å². The molecule has 0 saturated carbocycles. The summed E-state index contributed by atoms with van der Waals surface area (Å²) in [7, 11) is 0. The van der Waals surface area contributed by atoms with E-state index in [-0.39, 0.29) is 23.0 Å². The minimum atomic E-state index is -0.208. The summed E-state index contributed by atoms with van der Waals surface area (Å²) in [6, 6.07) is 3.01. The second-order valence-corrected chi connectivity index (χ2v) is 3.32. The molecule has 0 atom stereocenters. The zero-order valence-electron chi connectivity index (χ0n) is 9.32. The van der Waals surface area contributed by atoms with Crippen molar-refractivity contribution in [1.82, 2.24) is 4.98 Å². The molecule has 0 amide bonds. The van der Waals surface area contributed by atoms with Gasteiger partial charge < -0.3 is 10.5 Å². The SMILES string of the molecule is CC(=O)c1cc(OCCN)cc(C(C)=O)n1. The fourth-order valence-corrected chi connectivity index (χ4v) is 1.13. The molecule has 0 aromatic carbocycles. The maximum Gasteiger partial charge on any atom is 0.178 e. The van der Waals surface area contributed by atoms with E-state index in [4.69, 9.17) is 10.5 Å². The van der Waals surface area contributed by atoms with Gasteiger partial charge in [-0.25, -0.2) is 4.98 Å². The van der Waals surface area contributed by atoms with E-state index < -0.39 is 0 Å². The fraction of sp³-hybridized carbons (Fsp3) is 0.364. The van der Waals surface area contributed by atoms with Crippen molar-refractivity contribution in [1.29, 1.82) is 0 Å². The molecule has 0 bridgehead atoms. The van der Waals surface area contributed by atoms with Gasteiger partial charge in [-0.1, -0.05) is 0 Å². The van der Waals surface area contributed by atoms with Crippen LogP contribution in [0.25, 0.3) is 0 Å². The number of nitrogens with zero attached hydrogens (tertiary/aromatic N) is 1. The first-order valence-electron chi connectivity index (χ1n) is 4.91. The average molecular weight is 222 g/mol.